The molecule has 0 aliphatic rings. The summed E-state index contributed by atoms with van der Waals surface area (Å²) in [6.07, 6.45) is 0. The molecule has 2 aromatic rings. The van der Waals surface area contributed by atoms with Crippen molar-refractivity contribution in [2.75, 3.05) is 5.73 Å². The number of nitrogen functional groups attached to an aromatic ring is 1. The first-order chi connectivity index (χ1) is 9.54. The topological polar surface area (TPSA) is 49.5 Å². The Morgan fingerprint density at radius 3 is 2.25 bits per heavy atom. The van der Waals surface area contributed by atoms with Gasteiger partial charge in [-0.05, 0) is 49.2 Å². The fourth-order valence-electron chi connectivity index (χ4n) is 2.17. The third kappa shape index (κ3) is 4.00. The molecule has 0 saturated carbocycles. The predicted molar refractivity (Wildman–Crippen MR) is 83.3 cm³/mol. The average Bonchev–Trinajstić information content (AvgIpc) is 2.40. The molecule has 0 heterocycles. The predicted octanol–water partition coefficient (Wildman–Crippen LogP) is 3.39. The van der Waals surface area contributed by atoms with Crippen molar-refractivity contribution >= 4 is 5.69 Å². The lowest BCUT2D eigenvalue weighted by Gasteiger charge is -2.26. The van der Waals surface area contributed by atoms with E-state index in [9.17, 15) is 5.11 Å². The maximum Gasteiger partial charge on any atom is 0.115 e. The minimum atomic E-state index is 0.318. The van der Waals surface area contributed by atoms with Crippen LogP contribution in [0, 0.1) is 0 Å². The number of phenols is 1. The molecule has 0 saturated heterocycles. The maximum absolute atomic E-state index is 9.55. The quantitative estimate of drug-likeness (QED) is 0.819. The maximum atomic E-state index is 9.55. The largest absolute Gasteiger partial charge is 0.508 e. The number of nitrogens with zero attached hydrogens (tertiary/aromatic N) is 1. The van der Waals surface area contributed by atoms with Crippen LogP contribution in [0.25, 0.3) is 0 Å². The summed E-state index contributed by atoms with van der Waals surface area (Å²) in [5.74, 6) is 0.318. The molecular weight excluding hydrogens is 248 g/mol. The zero-order valence-corrected chi connectivity index (χ0v) is 12.1. The number of nitrogens with two attached hydrogens (primary N) is 1. The molecule has 0 amide bonds. The molecule has 20 heavy (non-hydrogen) atoms. The Balaban J connectivity index is 2.09. The van der Waals surface area contributed by atoms with Crippen molar-refractivity contribution in [2.45, 2.75) is 33.0 Å². The van der Waals surface area contributed by atoms with Crippen LogP contribution in [0.2, 0.25) is 0 Å². The molecule has 3 nitrogen and oxygen atoms in total. The van der Waals surface area contributed by atoms with Gasteiger partial charge in [0.25, 0.3) is 0 Å². The van der Waals surface area contributed by atoms with Crippen LogP contribution in [-0.2, 0) is 13.1 Å². The Kier molecular flexibility index (Phi) is 4.64. The Hall–Kier alpha value is -2.00. The van der Waals surface area contributed by atoms with Gasteiger partial charge >= 0.3 is 0 Å². The van der Waals surface area contributed by atoms with Crippen LogP contribution in [0.5, 0.6) is 5.75 Å². The third-order valence-corrected chi connectivity index (χ3v) is 3.39. The first-order valence-electron chi connectivity index (χ1n) is 6.91. The standard InChI is InChI=1S/C17H22N2O/c1-13(2)19(11-14-6-8-16(18)9-7-14)12-15-4-3-5-17(20)10-15/h3-10,13,20H,11-12,18H2,1-2H3. The van der Waals surface area contributed by atoms with E-state index in [0.29, 0.717) is 11.8 Å². The fraction of sp³-hybridized carbons (Fsp3) is 0.294. The molecule has 0 bridgehead atoms. The highest BCUT2D eigenvalue weighted by molar-refractivity contribution is 5.39. The van der Waals surface area contributed by atoms with Gasteiger partial charge in [0.1, 0.15) is 5.75 Å². The van der Waals surface area contributed by atoms with Gasteiger partial charge in [0, 0.05) is 24.8 Å². The second kappa shape index (κ2) is 6.44. The van der Waals surface area contributed by atoms with E-state index in [1.165, 1.54) is 5.56 Å². The van der Waals surface area contributed by atoms with Gasteiger partial charge in [-0.3, -0.25) is 4.90 Å². The lowest BCUT2D eigenvalue weighted by Crippen LogP contribution is -2.29. The van der Waals surface area contributed by atoms with Gasteiger partial charge in [0.05, 0.1) is 0 Å². The summed E-state index contributed by atoms with van der Waals surface area (Å²) in [5, 5.41) is 9.55. The monoisotopic (exact) mass is 270 g/mol. The number of hydrogen-bond acceptors (Lipinski definition) is 3. The van der Waals surface area contributed by atoms with E-state index in [1.807, 2.05) is 30.3 Å². The lowest BCUT2D eigenvalue weighted by molar-refractivity contribution is 0.203. The van der Waals surface area contributed by atoms with Crippen molar-refractivity contribution in [1.82, 2.24) is 4.90 Å². The van der Waals surface area contributed by atoms with E-state index < -0.39 is 0 Å². The number of anilines is 1. The number of benzene rings is 2. The molecule has 2 rings (SSSR count). The van der Waals surface area contributed by atoms with Crippen molar-refractivity contribution in [1.29, 1.82) is 0 Å². The summed E-state index contributed by atoms with van der Waals surface area (Å²) in [6, 6.07) is 15.9. The Bertz CT molecular complexity index is 549. The lowest BCUT2D eigenvalue weighted by atomic mass is 10.1. The Morgan fingerprint density at radius 2 is 1.65 bits per heavy atom. The minimum Gasteiger partial charge on any atom is -0.508 e. The van der Waals surface area contributed by atoms with E-state index in [-0.39, 0.29) is 0 Å². The number of phenolic OH excluding ortho intramolecular Hbond substituents is 1. The van der Waals surface area contributed by atoms with Crippen LogP contribution < -0.4 is 5.73 Å². The highest BCUT2D eigenvalue weighted by Gasteiger charge is 2.11. The highest BCUT2D eigenvalue weighted by Crippen LogP contribution is 2.17. The number of aromatic hydroxyl groups is 1. The van der Waals surface area contributed by atoms with Gasteiger partial charge in [-0.1, -0.05) is 24.3 Å². The van der Waals surface area contributed by atoms with Gasteiger partial charge < -0.3 is 10.8 Å². The molecule has 0 fully saturated rings. The highest BCUT2D eigenvalue weighted by atomic mass is 16.3. The smallest absolute Gasteiger partial charge is 0.115 e. The van der Waals surface area contributed by atoms with Gasteiger partial charge in [-0.2, -0.15) is 0 Å². The molecule has 0 aromatic heterocycles. The Labute approximate surface area is 120 Å². The van der Waals surface area contributed by atoms with Gasteiger partial charge in [0.2, 0.25) is 0 Å². The summed E-state index contributed by atoms with van der Waals surface area (Å²) in [5.41, 5.74) is 8.87. The van der Waals surface area contributed by atoms with Crippen LogP contribution >= 0.6 is 0 Å². The van der Waals surface area contributed by atoms with Crippen LogP contribution in [0.4, 0.5) is 5.69 Å². The van der Waals surface area contributed by atoms with Gasteiger partial charge in [-0.25, -0.2) is 0 Å². The average molecular weight is 270 g/mol. The first kappa shape index (κ1) is 14.4. The molecule has 2 aromatic carbocycles. The number of rotatable bonds is 5. The molecule has 0 atom stereocenters. The normalized spacial score (nSPS) is 11.2. The molecule has 3 heteroatoms. The van der Waals surface area contributed by atoms with Gasteiger partial charge in [0.15, 0.2) is 0 Å². The SMILES string of the molecule is CC(C)N(Cc1ccc(N)cc1)Cc1cccc(O)c1. The number of hydrogen-bond donors (Lipinski definition) is 2. The molecular formula is C17H22N2O. The molecule has 3 N–H and O–H groups in total. The fourth-order valence-corrected chi connectivity index (χ4v) is 2.17. The summed E-state index contributed by atoms with van der Waals surface area (Å²) < 4.78 is 0. The van der Waals surface area contributed by atoms with Crippen LogP contribution in [-0.4, -0.2) is 16.0 Å². The van der Waals surface area contributed by atoms with Crippen LogP contribution in [0.15, 0.2) is 48.5 Å². The van der Waals surface area contributed by atoms with Gasteiger partial charge in [-0.15, -0.1) is 0 Å². The van der Waals surface area contributed by atoms with E-state index in [4.69, 9.17) is 5.73 Å². The molecule has 106 valence electrons. The molecule has 0 unspecified atom stereocenters. The second-order valence-electron chi connectivity index (χ2n) is 5.41. The van der Waals surface area contributed by atoms with E-state index >= 15 is 0 Å². The van der Waals surface area contributed by atoms with Crippen molar-refractivity contribution in [3.8, 4) is 5.75 Å². The third-order valence-electron chi connectivity index (χ3n) is 3.39. The second-order valence-corrected chi connectivity index (χ2v) is 5.41. The Morgan fingerprint density at radius 1 is 1.00 bits per heavy atom. The molecule has 0 aliphatic carbocycles. The zero-order valence-electron chi connectivity index (χ0n) is 12.1. The van der Waals surface area contributed by atoms with Crippen LogP contribution in [0.3, 0.4) is 0 Å². The summed E-state index contributed by atoms with van der Waals surface area (Å²) in [4.78, 5) is 2.36. The van der Waals surface area contributed by atoms with Crippen molar-refractivity contribution < 1.29 is 5.11 Å². The van der Waals surface area contributed by atoms with Crippen molar-refractivity contribution in [3.63, 3.8) is 0 Å². The van der Waals surface area contributed by atoms with Crippen molar-refractivity contribution in [2.24, 2.45) is 0 Å². The first-order valence-corrected chi connectivity index (χ1v) is 6.91. The summed E-state index contributed by atoms with van der Waals surface area (Å²) >= 11 is 0. The van der Waals surface area contributed by atoms with Crippen LogP contribution in [0.1, 0.15) is 25.0 Å². The summed E-state index contributed by atoms with van der Waals surface area (Å²) in [6.45, 7) is 6.05. The molecule has 0 spiro atoms. The van der Waals surface area contributed by atoms with Crippen molar-refractivity contribution in [3.05, 3.63) is 59.7 Å². The van der Waals surface area contributed by atoms with E-state index in [1.54, 1.807) is 6.07 Å². The van der Waals surface area contributed by atoms with E-state index in [0.717, 1.165) is 24.3 Å². The summed E-state index contributed by atoms with van der Waals surface area (Å²) in [7, 11) is 0. The molecule has 0 aliphatic heterocycles. The zero-order chi connectivity index (χ0) is 14.5. The van der Waals surface area contributed by atoms with E-state index in [2.05, 4.69) is 30.9 Å². The molecule has 0 radical (unpaired) electrons. The minimum absolute atomic E-state index is 0.318.